The van der Waals surface area contributed by atoms with Crippen LogP contribution in [0.5, 0.6) is 0 Å². The fraction of sp³-hybridized carbons (Fsp3) is 0.500. The lowest BCUT2D eigenvalue weighted by atomic mass is 10.2. The van der Waals surface area contributed by atoms with Gasteiger partial charge >= 0.3 is 0 Å². The summed E-state index contributed by atoms with van der Waals surface area (Å²) >= 11 is 0. The highest BCUT2D eigenvalue weighted by Crippen LogP contribution is 2.39. The van der Waals surface area contributed by atoms with Gasteiger partial charge in [-0.15, -0.1) is 0 Å². The van der Waals surface area contributed by atoms with E-state index in [0.717, 1.165) is 35.9 Å². The van der Waals surface area contributed by atoms with Crippen molar-refractivity contribution in [2.24, 2.45) is 0 Å². The van der Waals surface area contributed by atoms with Crippen LogP contribution in [0.2, 0.25) is 0 Å². The van der Waals surface area contributed by atoms with Crippen LogP contribution in [0.4, 0.5) is 5.82 Å². The molecular formula is C14H19N5. The van der Waals surface area contributed by atoms with Crippen molar-refractivity contribution in [2.75, 3.05) is 12.4 Å². The average Bonchev–Trinajstić information content (AvgIpc) is 3.19. The molecule has 0 aromatic carbocycles. The molecule has 0 saturated heterocycles. The standard InChI is InChI=1S/C14H19N5/c1-3-6-19-9-11(8-16-19)12-7-13(15-2)18-14(17-12)10-4-5-10/h7-10H,3-6H2,1-2H3,(H,15,17,18). The Labute approximate surface area is 113 Å². The van der Waals surface area contributed by atoms with Crippen LogP contribution in [0, 0.1) is 0 Å². The number of hydrogen-bond acceptors (Lipinski definition) is 4. The van der Waals surface area contributed by atoms with E-state index >= 15 is 0 Å². The van der Waals surface area contributed by atoms with Crippen LogP contribution in [0.1, 0.15) is 37.9 Å². The van der Waals surface area contributed by atoms with Gasteiger partial charge in [0.15, 0.2) is 0 Å². The topological polar surface area (TPSA) is 55.6 Å². The van der Waals surface area contributed by atoms with E-state index in [4.69, 9.17) is 0 Å². The van der Waals surface area contributed by atoms with Gasteiger partial charge in [0.2, 0.25) is 0 Å². The Hall–Kier alpha value is -1.91. The van der Waals surface area contributed by atoms with Gasteiger partial charge in [0.05, 0.1) is 11.9 Å². The molecule has 0 atom stereocenters. The van der Waals surface area contributed by atoms with Gasteiger partial charge in [-0.3, -0.25) is 4.68 Å². The smallest absolute Gasteiger partial charge is 0.134 e. The summed E-state index contributed by atoms with van der Waals surface area (Å²) in [6, 6.07) is 1.99. The molecule has 1 saturated carbocycles. The number of rotatable bonds is 5. The second-order valence-corrected chi connectivity index (χ2v) is 5.01. The van der Waals surface area contributed by atoms with Crippen molar-refractivity contribution in [2.45, 2.75) is 38.6 Å². The third-order valence-electron chi connectivity index (χ3n) is 3.32. The van der Waals surface area contributed by atoms with E-state index in [1.807, 2.05) is 24.0 Å². The van der Waals surface area contributed by atoms with E-state index in [1.165, 1.54) is 12.8 Å². The first kappa shape index (κ1) is 12.1. The van der Waals surface area contributed by atoms with Crippen LogP contribution in [-0.4, -0.2) is 26.8 Å². The van der Waals surface area contributed by atoms with E-state index in [0.29, 0.717) is 5.92 Å². The molecule has 0 amide bonds. The quantitative estimate of drug-likeness (QED) is 0.894. The number of aryl methyl sites for hydroxylation is 1. The zero-order valence-electron chi connectivity index (χ0n) is 11.4. The lowest BCUT2D eigenvalue weighted by Gasteiger charge is -2.05. The van der Waals surface area contributed by atoms with E-state index in [1.54, 1.807) is 0 Å². The lowest BCUT2D eigenvalue weighted by Crippen LogP contribution is -2.00. The molecule has 2 aromatic rings. The summed E-state index contributed by atoms with van der Waals surface area (Å²) in [6.07, 6.45) is 7.44. The third-order valence-corrected chi connectivity index (χ3v) is 3.32. The zero-order chi connectivity index (χ0) is 13.2. The molecule has 0 radical (unpaired) electrons. The second kappa shape index (κ2) is 4.99. The van der Waals surface area contributed by atoms with Crippen LogP contribution in [0.3, 0.4) is 0 Å². The van der Waals surface area contributed by atoms with Crippen LogP contribution >= 0.6 is 0 Å². The summed E-state index contributed by atoms with van der Waals surface area (Å²) in [5.74, 6) is 2.40. The van der Waals surface area contributed by atoms with Crippen molar-refractivity contribution in [1.29, 1.82) is 0 Å². The van der Waals surface area contributed by atoms with Crippen LogP contribution in [-0.2, 0) is 6.54 Å². The molecule has 0 unspecified atom stereocenters. The summed E-state index contributed by atoms with van der Waals surface area (Å²) in [4.78, 5) is 9.22. The molecule has 5 heteroatoms. The molecule has 1 fully saturated rings. The molecule has 0 bridgehead atoms. The van der Waals surface area contributed by atoms with Crippen molar-refractivity contribution < 1.29 is 0 Å². The fourth-order valence-electron chi connectivity index (χ4n) is 2.11. The second-order valence-electron chi connectivity index (χ2n) is 5.01. The molecule has 3 rings (SSSR count). The normalized spacial score (nSPS) is 14.6. The predicted molar refractivity (Wildman–Crippen MR) is 75.1 cm³/mol. The Bertz CT molecular complexity index is 571. The maximum atomic E-state index is 4.68. The minimum absolute atomic E-state index is 0.553. The Morgan fingerprint density at radius 3 is 2.89 bits per heavy atom. The maximum absolute atomic E-state index is 4.68. The fourth-order valence-corrected chi connectivity index (χ4v) is 2.11. The first-order valence-corrected chi connectivity index (χ1v) is 6.89. The Morgan fingerprint density at radius 2 is 2.21 bits per heavy atom. The van der Waals surface area contributed by atoms with Crippen molar-refractivity contribution in [3.05, 3.63) is 24.3 Å². The Kier molecular flexibility index (Phi) is 3.19. The van der Waals surface area contributed by atoms with E-state index in [9.17, 15) is 0 Å². The highest BCUT2D eigenvalue weighted by molar-refractivity contribution is 5.61. The molecule has 100 valence electrons. The van der Waals surface area contributed by atoms with Crippen LogP contribution in [0.25, 0.3) is 11.3 Å². The molecule has 19 heavy (non-hydrogen) atoms. The van der Waals surface area contributed by atoms with Gasteiger partial charge in [0, 0.05) is 37.3 Å². The van der Waals surface area contributed by atoms with E-state index in [-0.39, 0.29) is 0 Å². The molecule has 1 aliphatic rings. The number of nitrogens with zero attached hydrogens (tertiary/aromatic N) is 4. The van der Waals surface area contributed by atoms with Crippen LogP contribution < -0.4 is 5.32 Å². The van der Waals surface area contributed by atoms with Gasteiger partial charge in [-0.1, -0.05) is 6.92 Å². The molecule has 1 N–H and O–H groups in total. The molecule has 0 aliphatic heterocycles. The highest BCUT2D eigenvalue weighted by Gasteiger charge is 2.27. The Balaban J connectivity index is 1.95. The van der Waals surface area contributed by atoms with Crippen molar-refractivity contribution in [3.63, 3.8) is 0 Å². The first-order chi connectivity index (χ1) is 9.30. The van der Waals surface area contributed by atoms with Gasteiger partial charge in [0.1, 0.15) is 11.6 Å². The van der Waals surface area contributed by atoms with Gasteiger partial charge in [-0.25, -0.2) is 9.97 Å². The molecule has 2 aromatic heterocycles. The molecule has 0 spiro atoms. The lowest BCUT2D eigenvalue weighted by molar-refractivity contribution is 0.603. The zero-order valence-corrected chi connectivity index (χ0v) is 11.4. The van der Waals surface area contributed by atoms with Crippen molar-refractivity contribution >= 4 is 5.82 Å². The number of hydrogen-bond donors (Lipinski definition) is 1. The summed E-state index contributed by atoms with van der Waals surface area (Å²) in [5, 5.41) is 7.48. The molecule has 1 aliphatic carbocycles. The van der Waals surface area contributed by atoms with Gasteiger partial charge < -0.3 is 5.32 Å². The van der Waals surface area contributed by atoms with E-state index in [2.05, 4.69) is 33.5 Å². The van der Waals surface area contributed by atoms with Crippen molar-refractivity contribution in [3.8, 4) is 11.3 Å². The van der Waals surface area contributed by atoms with Crippen molar-refractivity contribution in [1.82, 2.24) is 19.7 Å². The van der Waals surface area contributed by atoms with Gasteiger partial charge in [-0.2, -0.15) is 5.10 Å². The summed E-state index contributed by atoms with van der Waals surface area (Å²) in [5.41, 5.74) is 2.03. The highest BCUT2D eigenvalue weighted by atomic mass is 15.3. The first-order valence-electron chi connectivity index (χ1n) is 6.89. The van der Waals surface area contributed by atoms with Crippen LogP contribution in [0.15, 0.2) is 18.5 Å². The summed E-state index contributed by atoms with van der Waals surface area (Å²) in [6.45, 7) is 3.09. The van der Waals surface area contributed by atoms with E-state index < -0.39 is 0 Å². The maximum Gasteiger partial charge on any atom is 0.134 e. The molecule has 5 nitrogen and oxygen atoms in total. The third kappa shape index (κ3) is 2.59. The Morgan fingerprint density at radius 1 is 1.37 bits per heavy atom. The van der Waals surface area contributed by atoms with Gasteiger partial charge in [0.25, 0.3) is 0 Å². The van der Waals surface area contributed by atoms with Gasteiger partial charge in [-0.05, 0) is 19.3 Å². The minimum atomic E-state index is 0.553. The number of aromatic nitrogens is 4. The SMILES string of the molecule is CCCn1cc(-c2cc(NC)nc(C3CC3)n2)cn1. The summed E-state index contributed by atoms with van der Waals surface area (Å²) < 4.78 is 1.97. The largest absolute Gasteiger partial charge is 0.373 e. The predicted octanol–water partition coefficient (Wildman–Crippen LogP) is 2.67. The minimum Gasteiger partial charge on any atom is -0.373 e. The number of nitrogens with one attached hydrogen (secondary N) is 1. The molecular weight excluding hydrogens is 238 g/mol. The average molecular weight is 257 g/mol. The monoisotopic (exact) mass is 257 g/mol. The summed E-state index contributed by atoms with van der Waals surface area (Å²) in [7, 11) is 1.89. The number of anilines is 1. The molecule has 2 heterocycles.